The summed E-state index contributed by atoms with van der Waals surface area (Å²) < 4.78 is 0. The minimum Gasteiger partial charge on any atom is -0.395 e. The quantitative estimate of drug-likeness (QED) is 0.667. The second kappa shape index (κ2) is 8.55. The monoisotopic (exact) mass is 391 g/mol. The van der Waals surface area contributed by atoms with Crippen molar-refractivity contribution >= 4 is 5.69 Å². The fourth-order valence-electron chi connectivity index (χ4n) is 3.65. The summed E-state index contributed by atoms with van der Waals surface area (Å²) in [5, 5.41) is 9.08. The molecule has 0 bridgehead atoms. The molecule has 0 saturated heterocycles. The molecule has 4 rings (SSSR count). The smallest absolute Gasteiger partial charge is 0.254 e. The molecule has 7 nitrogen and oxygen atoms in total. The van der Waals surface area contributed by atoms with Gasteiger partial charge in [-0.05, 0) is 36.2 Å². The van der Waals surface area contributed by atoms with E-state index in [-0.39, 0.29) is 12.2 Å². The summed E-state index contributed by atoms with van der Waals surface area (Å²) in [6.07, 6.45) is 2.39. The molecular weight excluding hydrogens is 366 g/mol. The number of nitrogens with zero attached hydrogens (tertiary/aromatic N) is 4. The van der Waals surface area contributed by atoms with Gasteiger partial charge in [-0.2, -0.15) is 0 Å². The van der Waals surface area contributed by atoms with Gasteiger partial charge in [0, 0.05) is 50.7 Å². The Bertz CT molecular complexity index is 1020. The molecule has 1 aromatic carbocycles. The first-order valence-electron chi connectivity index (χ1n) is 9.81. The van der Waals surface area contributed by atoms with E-state index in [1.165, 1.54) is 5.56 Å². The largest absolute Gasteiger partial charge is 0.395 e. The highest BCUT2D eigenvalue weighted by Crippen LogP contribution is 2.20. The fraction of sp³-hybridized carbons (Fsp3) is 0.318. The molecular formula is C22H25N5O2. The highest BCUT2D eigenvalue weighted by Gasteiger charge is 2.21. The number of aromatic nitrogens is 3. The lowest BCUT2D eigenvalue weighted by atomic mass is 10.1. The van der Waals surface area contributed by atoms with Crippen molar-refractivity contribution in [3.05, 3.63) is 75.8 Å². The number of aliphatic hydroxyl groups excluding tert-OH is 1. The van der Waals surface area contributed by atoms with Gasteiger partial charge < -0.3 is 15.0 Å². The maximum Gasteiger partial charge on any atom is 0.254 e. The van der Waals surface area contributed by atoms with Crippen molar-refractivity contribution < 1.29 is 5.11 Å². The molecule has 150 valence electrons. The van der Waals surface area contributed by atoms with Crippen LogP contribution in [0.15, 0.2) is 53.5 Å². The highest BCUT2D eigenvalue weighted by atomic mass is 16.3. The van der Waals surface area contributed by atoms with Crippen molar-refractivity contribution in [2.24, 2.45) is 0 Å². The van der Waals surface area contributed by atoms with Gasteiger partial charge in [0.15, 0.2) is 5.82 Å². The van der Waals surface area contributed by atoms with Crippen molar-refractivity contribution in [1.29, 1.82) is 0 Å². The van der Waals surface area contributed by atoms with Gasteiger partial charge in [0.25, 0.3) is 5.56 Å². The van der Waals surface area contributed by atoms with Crippen molar-refractivity contribution in [2.75, 3.05) is 31.6 Å². The van der Waals surface area contributed by atoms with E-state index in [0.29, 0.717) is 31.0 Å². The Hall–Kier alpha value is -3.03. The first kappa shape index (κ1) is 19.3. The minimum atomic E-state index is -0.0634. The zero-order valence-corrected chi connectivity index (χ0v) is 16.5. The number of likely N-dealkylation sites (N-methyl/N-ethyl adjacent to an activating group) is 1. The van der Waals surface area contributed by atoms with Crippen LogP contribution in [0.3, 0.4) is 0 Å². The molecule has 0 aliphatic carbocycles. The van der Waals surface area contributed by atoms with Gasteiger partial charge in [0.2, 0.25) is 0 Å². The summed E-state index contributed by atoms with van der Waals surface area (Å²) in [5.74, 6) is 0.521. The number of aliphatic hydroxyl groups is 1. The average molecular weight is 391 g/mol. The first-order valence-corrected chi connectivity index (χ1v) is 9.81. The van der Waals surface area contributed by atoms with Crippen LogP contribution in [0.2, 0.25) is 0 Å². The van der Waals surface area contributed by atoms with Gasteiger partial charge in [-0.3, -0.25) is 14.7 Å². The molecule has 29 heavy (non-hydrogen) atoms. The predicted octanol–water partition coefficient (Wildman–Crippen LogP) is 1.82. The average Bonchev–Trinajstić information content (AvgIpc) is 2.75. The van der Waals surface area contributed by atoms with Gasteiger partial charge in [-0.1, -0.05) is 18.2 Å². The Kier molecular flexibility index (Phi) is 5.69. The van der Waals surface area contributed by atoms with Gasteiger partial charge in [0.1, 0.15) is 5.69 Å². The van der Waals surface area contributed by atoms with Crippen LogP contribution in [0.1, 0.15) is 16.8 Å². The van der Waals surface area contributed by atoms with E-state index >= 15 is 0 Å². The normalized spacial score (nSPS) is 13.9. The maximum atomic E-state index is 12.5. The third-order valence-corrected chi connectivity index (χ3v) is 5.28. The number of anilines is 1. The molecule has 3 heterocycles. The number of aromatic amines is 1. The van der Waals surface area contributed by atoms with Gasteiger partial charge in [-0.25, -0.2) is 4.98 Å². The Morgan fingerprint density at radius 2 is 2.03 bits per heavy atom. The topological polar surface area (TPSA) is 85.3 Å². The second-order valence-corrected chi connectivity index (χ2v) is 7.33. The highest BCUT2D eigenvalue weighted by molar-refractivity contribution is 5.49. The molecule has 1 aliphatic heterocycles. The third kappa shape index (κ3) is 4.36. The second-order valence-electron chi connectivity index (χ2n) is 7.33. The predicted molar refractivity (Wildman–Crippen MR) is 113 cm³/mol. The van der Waals surface area contributed by atoms with Gasteiger partial charge >= 0.3 is 0 Å². The molecule has 2 aromatic heterocycles. The molecule has 0 unspecified atom stereocenters. The van der Waals surface area contributed by atoms with Crippen molar-refractivity contribution in [3.63, 3.8) is 0 Å². The number of H-pyrrole nitrogens is 1. The Labute approximate surface area is 169 Å². The van der Waals surface area contributed by atoms with Crippen molar-refractivity contribution in [1.82, 2.24) is 19.9 Å². The summed E-state index contributed by atoms with van der Waals surface area (Å²) in [7, 11) is 1.97. The molecule has 1 aliphatic rings. The molecule has 0 radical (unpaired) electrons. The summed E-state index contributed by atoms with van der Waals surface area (Å²) in [5.41, 5.74) is 4.52. The molecule has 3 aromatic rings. The van der Waals surface area contributed by atoms with Crippen LogP contribution in [-0.2, 0) is 19.5 Å². The number of hydrogen-bond acceptors (Lipinski definition) is 6. The zero-order chi connectivity index (χ0) is 20.2. The number of nitrogens with one attached hydrogen (secondary N) is 1. The van der Waals surface area contributed by atoms with Crippen LogP contribution in [-0.4, -0.2) is 51.7 Å². The standard InChI is InChI=1S/C22H25N5O2/c1-26(12-13-28)17-7-5-16(6-8-17)14-27-11-9-18-20(15-27)24-21(25-22(18)29)19-4-2-3-10-23-19/h2-8,10,28H,9,11-15H2,1H3,(H,24,25,29). The maximum absolute atomic E-state index is 12.5. The number of fused-ring (bicyclic) bond motifs is 1. The molecule has 0 saturated carbocycles. The van der Waals surface area contributed by atoms with E-state index in [2.05, 4.69) is 39.1 Å². The van der Waals surface area contributed by atoms with Crippen LogP contribution in [0.4, 0.5) is 5.69 Å². The Morgan fingerprint density at radius 1 is 1.21 bits per heavy atom. The van der Waals surface area contributed by atoms with Gasteiger partial charge in [-0.15, -0.1) is 0 Å². The van der Waals surface area contributed by atoms with E-state index in [1.54, 1.807) is 6.20 Å². The van der Waals surface area contributed by atoms with Crippen LogP contribution in [0.5, 0.6) is 0 Å². The summed E-state index contributed by atoms with van der Waals surface area (Å²) in [6.45, 7) is 3.02. The van der Waals surface area contributed by atoms with E-state index < -0.39 is 0 Å². The lowest BCUT2D eigenvalue weighted by Gasteiger charge is -2.28. The van der Waals surface area contributed by atoms with Crippen LogP contribution < -0.4 is 10.5 Å². The lowest BCUT2D eigenvalue weighted by Crippen LogP contribution is -2.35. The van der Waals surface area contributed by atoms with Crippen LogP contribution in [0.25, 0.3) is 11.5 Å². The number of benzene rings is 1. The third-order valence-electron chi connectivity index (χ3n) is 5.28. The molecule has 0 fully saturated rings. The first-order chi connectivity index (χ1) is 14.1. The fourth-order valence-corrected chi connectivity index (χ4v) is 3.65. The van der Waals surface area contributed by atoms with Crippen LogP contribution in [0, 0.1) is 0 Å². The summed E-state index contributed by atoms with van der Waals surface area (Å²) >= 11 is 0. The Balaban J connectivity index is 1.50. The summed E-state index contributed by atoms with van der Waals surface area (Å²) in [4.78, 5) is 28.7. The molecule has 0 amide bonds. The lowest BCUT2D eigenvalue weighted by molar-refractivity contribution is 0.240. The van der Waals surface area contributed by atoms with Gasteiger partial charge in [0.05, 0.1) is 12.3 Å². The molecule has 2 N–H and O–H groups in total. The van der Waals surface area contributed by atoms with E-state index in [0.717, 1.165) is 30.0 Å². The number of pyridine rings is 1. The molecule has 0 spiro atoms. The Morgan fingerprint density at radius 3 is 2.76 bits per heavy atom. The molecule has 7 heteroatoms. The number of rotatable bonds is 6. The van der Waals surface area contributed by atoms with Crippen molar-refractivity contribution in [3.8, 4) is 11.5 Å². The van der Waals surface area contributed by atoms with Crippen molar-refractivity contribution in [2.45, 2.75) is 19.5 Å². The number of hydrogen-bond donors (Lipinski definition) is 2. The zero-order valence-electron chi connectivity index (χ0n) is 16.5. The SMILES string of the molecule is CN(CCO)c1ccc(CN2CCc3c(nc(-c4ccccn4)[nH]c3=O)C2)cc1. The minimum absolute atomic E-state index is 0.0634. The summed E-state index contributed by atoms with van der Waals surface area (Å²) in [6, 6.07) is 14.0. The molecule has 0 atom stereocenters. The van der Waals surface area contributed by atoms with E-state index in [1.807, 2.05) is 30.1 Å². The van der Waals surface area contributed by atoms with E-state index in [9.17, 15) is 4.79 Å². The van der Waals surface area contributed by atoms with Crippen LogP contribution >= 0.6 is 0 Å². The van der Waals surface area contributed by atoms with E-state index in [4.69, 9.17) is 10.1 Å².